The first-order chi connectivity index (χ1) is 13.2. The van der Waals surface area contributed by atoms with Crippen molar-refractivity contribution in [2.45, 2.75) is 12.5 Å². The molecule has 1 aliphatic rings. The Kier molecular flexibility index (Phi) is 4.54. The lowest BCUT2D eigenvalue weighted by Gasteiger charge is -2.14. The minimum absolute atomic E-state index is 0.135. The topological polar surface area (TPSA) is 62.2 Å². The summed E-state index contributed by atoms with van der Waals surface area (Å²) in [5.41, 5.74) is 3.76. The first kappa shape index (κ1) is 17.1. The number of oxime groups is 1. The third-order valence-corrected chi connectivity index (χ3v) is 4.67. The number of rotatable bonds is 5. The number of aromatic nitrogens is 1. The summed E-state index contributed by atoms with van der Waals surface area (Å²) >= 11 is 0. The van der Waals surface area contributed by atoms with E-state index < -0.39 is 0 Å². The molecule has 0 fully saturated rings. The fraction of sp³-hybridized carbons (Fsp3) is 0.238. The molecule has 0 amide bonds. The molecule has 0 N–H and O–H groups in total. The Morgan fingerprint density at radius 1 is 0.963 bits per heavy atom. The van der Waals surface area contributed by atoms with Crippen LogP contribution in [0.2, 0.25) is 0 Å². The highest BCUT2D eigenvalue weighted by atomic mass is 16.6. The van der Waals surface area contributed by atoms with Gasteiger partial charge in [-0.3, -0.25) is 4.98 Å². The quantitative estimate of drug-likeness (QED) is 0.681. The second-order valence-electron chi connectivity index (χ2n) is 6.21. The minimum Gasteiger partial charge on any atom is -0.493 e. The molecule has 1 aliphatic heterocycles. The Balaban J connectivity index is 1.62. The maximum Gasteiger partial charge on any atom is 0.203 e. The van der Waals surface area contributed by atoms with Gasteiger partial charge in [0.2, 0.25) is 5.75 Å². The van der Waals surface area contributed by atoms with Crippen molar-refractivity contribution in [2.75, 3.05) is 21.3 Å². The number of benzene rings is 2. The van der Waals surface area contributed by atoms with Crippen molar-refractivity contribution in [3.8, 4) is 17.2 Å². The average Bonchev–Trinajstić information content (AvgIpc) is 3.22. The van der Waals surface area contributed by atoms with Crippen molar-refractivity contribution < 1.29 is 19.0 Å². The van der Waals surface area contributed by atoms with Crippen LogP contribution >= 0.6 is 0 Å². The molecule has 1 aromatic heterocycles. The van der Waals surface area contributed by atoms with Gasteiger partial charge in [-0.05, 0) is 35.9 Å². The van der Waals surface area contributed by atoms with Gasteiger partial charge in [-0.1, -0.05) is 17.3 Å². The van der Waals surface area contributed by atoms with Gasteiger partial charge < -0.3 is 19.0 Å². The lowest BCUT2D eigenvalue weighted by molar-refractivity contribution is 0.0858. The third kappa shape index (κ3) is 3.14. The van der Waals surface area contributed by atoms with Crippen LogP contribution < -0.4 is 14.2 Å². The number of pyridine rings is 1. The van der Waals surface area contributed by atoms with E-state index in [4.69, 9.17) is 19.0 Å². The molecule has 0 saturated carbocycles. The molecule has 0 radical (unpaired) electrons. The van der Waals surface area contributed by atoms with E-state index in [0.717, 1.165) is 27.7 Å². The summed E-state index contributed by atoms with van der Waals surface area (Å²) in [5.74, 6) is 1.74. The van der Waals surface area contributed by atoms with Crippen LogP contribution in [0, 0.1) is 0 Å². The predicted octanol–water partition coefficient (Wildman–Crippen LogP) is 4.13. The Morgan fingerprint density at radius 3 is 2.44 bits per heavy atom. The molecule has 27 heavy (non-hydrogen) atoms. The van der Waals surface area contributed by atoms with E-state index in [1.165, 1.54) is 0 Å². The van der Waals surface area contributed by atoms with E-state index in [2.05, 4.69) is 16.2 Å². The van der Waals surface area contributed by atoms with Crippen LogP contribution in [0.4, 0.5) is 0 Å². The average molecular weight is 364 g/mol. The van der Waals surface area contributed by atoms with Crippen molar-refractivity contribution in [1.82, 2.24) is 4.98 Å². The highest BCUT2D eigenvalue weighted by Gasteiger charge is 2.26. The summed E-state index contributed by atoms with van der Waals surface area (Å²) in [6.45, 7) is 0. The van der Waals surface area contributed by atoms with E-state index in [9.17, 15) is 0 Å². The second-order valence-corrected chi connectivity index (χ2v) is 6.21. The van der Waals surface area contributed by atoms with Gasteiger partial charge in [0.15, 0.2) is 17.6 Å². The van der Waals surface area contributed by atoms with E-state index in [1.807, 2.05) is 36.4 Å². The highest BCUT2D eigenvalue weighted by Crippen LogP contribution is 2.40. The largest absolute Gasteiger partial charge is 0.493 e. The molecule has 0 saturated heterocycles. The van der Waals surface area contributed by atoms with Gasteiger partial charge >= 0.3 is 0 Å². The van der Waals surface area contributed by atoms with Crippen LogP contribution in [-0.2, 0) is 4.84 Å². The molecule has 2 aromatic carbocycles. The number of methoxy groups -OCH3 is 3. The molecule has 0 spiro atoms. The number of fused-ring (bicyclic) bond motifs is 1. The molecule has 138 valence electrons. The van der Waals surface area contributed by atoms with Crippen LogP contribution in [0.5, 0.6) is 17.2 Å². The van der Waals surface area contributed by atoms with Crippen molar-refractivity contribution >= 4 is 16.6 Å². The van der Waals surface area contributed by atoms with E-state index in [0.29, 0.717) is 23.7 Å². The molecule has 6 heteroatoms. The Morgan fingerprint density at radius 2 is 1.74 bits per heavy atom. The molecular weight excluding hydrogens is 344 g/mol. The Bertz CT molecular complexity index is 991. The number of ether oxygens (including phenoxy) is 3. The van der Waals surface area contributed by atoms with Gasteiger partial charge in [0, 0.05) is 23.6 Å². The summed E-state index contributed by atoms with van der Waals surface area (Å²) in [4.78, 5) is 10.1. The highest BCUT2D eigenvalue weighted by molar-refractivity contribution is 6.02. The first-order valence-corrected chi connectivity index (χ1v) is 8.61. The standard InChI is InChI=1S/C21H20N2O4/c1-24-19-10-15(11-20(25-2)21(19)26-3)17-12-18(27-23-17)14-6-7-16-13(9-14)5-4-8-22-16/h4-11,18H,12H2,1-3H3. The zero-order valence-corrected chi connectivity index (χ0v) is 15.4. The first-order valence-electron chi connectivity index (χ1n) is 8.61. The summed E-state index contributed by atoms with van der Waals surface area (Å²) in [5, 5.41) is 5.38. The van der Waals surface area contributed by atoms with Crippen molar-refractivity contribution in [1.29, 1.82) is 0 Å². The zero-order chi connectivity index (χ0) is 18.8. The molecule has 0 bridgehead atoms. The van der Waals surface area contributed by atoms with Gasteiger partial charge in [0.25, 0.3) is 0 Å². The summed E-state index contributed by atoms with van der Waals surface area (Å²) < 4.78 is 16.2. The monoisotopic (exact) mass is 364 g/mol. The summed E-state index contributed by atoms with van der Waals surface area (Å²) in [6, 6.07) is 13.9. The molecule has 3 aromatic rings. The van der Waals surface area contributed by atoms with E-state index in [-0.39, 0.29) is 6.10 Å². The predicted molar refractivity (Wildman–Crippen MR) is 103 cm³/mol. The lowest BCUT2D eigenvalue weighted by atomic mass is 9.98. The van der Waals surface area contributed by atoms with Gasteiger partial charge in [-0.25, -0.2) is 0 Å². The van der Waals surface area contributed by atoms with Crippen LogP contribution in [0.25, 0.3) is 10.9 Å². The summed E-state index contributed by atoms with van der Waals surface area (Å²) in [6.07, 6.45) is 2.31. The van der Waals surface area contributed by atoms with Crippen LogP contribution in [0.15, 0.2) is 53.8 Å². The Hall–Kier alpha value is -3.28. The molecule has 1 atom stereocenters. The van der Waals surface area contributed by atoms with Gasteiger partial charge in [-0.15, -0.1) is 0 Å². The number of hydrogen-bond donors (Lipinski definition) is 0. The normalized spacial score (nSPS) is 16.0. The smallest absolute Gasteiger partial charge is 0.203 e. The molecule has 1 unspecified atom stereocenters. The van der Waals surface area contributed by atoms with Gasteiger partial charge in [0.05, 0.1) is 32.6 Å². The van der Waals surface area contributed by atoms with Crippen LogP contribution in [0.3, 0.4) is 0 Å². The summed E-state index contributed by atoms with van der Waals surface area (Å²) in [7, 11) is 4.78. The van der Waals surface area contributed by atoms with Gasteiger partial charge in [-0.2, -0.15) is 0 Å². The number of hydrogen-bond acceptors (Lipinski definition) is 6. The van der Waals surface area contributed by atoms with Crippen molar-refractivity contribution in [2.24, 2.45) is 5.16 Å². The molecule has 0 aliphatic carbocycles. The van der Waals surface area contributed by atoms with Crippen LogP contribution in [0.1, 0.15) is 23.7 Å². The zero-order valence-electron chi connectivity index (χ0n) is 15.4. The Labute approximate surface area is 157 Å². The molecule has 4 rings (SSSR count). The lowest BCUT2D eigenvalue weighted by Crippen LogP contribution is -2.04. The molecular formula is C21H20N2O4. The molecule has 2 heterocycles. The van der Waals surface area contributed by atoms with Crippen molar-refractivity contribution in [3.63, 3.8) is 0 Å². The molecule has 6 nitrogen and oxygen atoms in total. The van der Waals surface area contributed by atoms with E-state index >= 15 is 0 Å². The minimum atomic E-state index is -0.135. The maximum absolute atomic E-state index is 5.71. The SMILES string of the molecule is COc1cc(C2=NOC(c3ccc4ncccc4c3)C2)cc(OC)c1OC. The third-order valence-electron chi connectivity index (χ3n) is 4.67. The van der Waals surface area contributed by atoms with E-state index in [1.54, 1.807) is 27.5 Å². The van der Waals surface area contributed by atoms with Crippen molar-refractivity contribution in [3.05, 3.63) is 59.8 Å². The van der Waals surface area contributed by atoms with Gasteiger partial charge in [0.1, 0.15) is 0 Å². The van der Waals surface area contributed by atoms with Crippen LogP contribution in [-0.4, -0.2) is 32.0 Å². The fourth-order valence-electron chi connectivity index (χ4n) is 3.27. The second kappa shape index (κ2) is 7.15. The maximum atomic E-state index is 5.71. The number of nitrogens with zero attached hydrogens (tertiary/aromatic N) is 2. The fourth-order valence-corrected chi connectivity index (χ4v) is 3.27.